The summed E-state index contributed by atoms with van der Waals surface area (Å²) in [7, 11) is 0. The third kappa shape index (κ3) is 3.45. The van der Waals surface area contributed by atoms with Crippen molar-refractivity contribution in [2.45, 2.75) is 5.03 Å². The Balaban J connectivity index is 1.60. The first kappa shape index (κ1) is 15.0. The van der Waals surface area contributed by atoms with Crippen LogP contribution in [0, 0.1) is 0 Å². The van der Waals surface area contributed by atoms with E-state index in [2.05, 4.69) is 35.2 Å². The predicted octanol–water partition coefficient (Wildman–Crippen LogP) is 0.627. The minimum atomic E-state index is -1.09. The molecule has 3 aromatic rings. The molecular weight excluding hydrogens is 320 g/mol. The molecule has 0 aliphatic carbocycles. The fourth-order valence-corrected chi connectivity index (χ4v) is 2.65. The highest BCUT2D eigenvalue weighted by Gasteiger charge is 2.09. The number of aromatic nitrogens is 6. The fraction of sp³-hybridized carbons (Fsp3) is 0.167. The van der Waals surface area contributed by atoms with E-state index in [1.807, 2.05) is 0 Å². The van der Waals surface area contributed by atoms with Gasteiger partial charge < -0.3 is 21.1 Å². The number of anilines is 2. The topological polar surface area (TPSA) is 156 Å². The summed E-state index contributed by atoms with van der Waals surface area (Å²) in [6.45, 7) is 0.521. The summed E-state index contributed by atoms with van der Waals surface area (Å²) in [6, 6.07) is 1.33. The second-order valence-corrected chi connectivity index (χ2v) is 5.42. The zero-order valence-corrected chi connectivity index (χ0v) is 12.5. The van der Waals surface area contributed by atoms with Gasteiger partial charge in [0.1, 0.15) is 10.5 Å². The zero-order chi connectivity index (χ0) is 16.2. The van der Waals surface area contributed by atoms with Gasteiger partial charge in [-0.05, 0) is 6.07 Å². The van der Waals surface area contributed by atoms with E-state index >= 15 is 0 Å². The number of H-pyrrole nitrogens is 1. The summed E-state index contributed by atoms with van der Waals surface area (Å²) in [5, 5.41) is 12.5. The lowest BCUT2D eigenvalue weighted by Gasteiger charge is -2.05. The Morgan fingerprint density at radius 3 is 3.04 bits per heavy atom. The molecule has 3 rings (SSSR count). The molecule has 5 N–H and O–H groups in total. The average Bonchev–Trinajstić information content (AvgIpc) is 3.00. The summed E-state index contributed by atoms with van der Waals surface area (Å²) >= 11 is 1.46. The van der Waals surface area contributed by atoms with Crippen molar-refractivity contribution >= 4 is 40.8 Å². The molecule has 0 unspecified atom stereocenters. The average molecular weight is 332 g/mol. The second kappa shape index (κ2) is 6.44. The lowest BCUT2D eigenvalue weighted by atomic mass is 10.4. The molecule has 0 atom stereocenters. The van der Waals surface area contributed by atoms with E-state index < -0.39 is 5.97 Å². The van der Waals surface area contributed by atoms with E-state index in [4.69, 9.17) is 10.8 Å². The number of carbonyl (C=O) groups is 1. The maximum Gasteiger partial charge on any atom is 0.354 e. The first-order chi connectivity index (χ1) is 11.1. The Morgan fingerprint density at radius 1 is 1.35 bits per heavy atom. The standard InChI is InChI=1S/C12H12N8O2S/c13-11-19-8-7(16-5-17-8)9(20-11)23-4-3-15-12-14-2-1-6(18-12)10(21)22/h1-2,5H,3-4H2,(H,21,22)(H,14,15,18)(H3,13,16,17,19,20). The van der Waals surface area contributed by atoms with Crippen molar-refractivity contribution in [2.75, 3.05) is 23.3 Å². The van der Waals surface area contributed by atoms with Crippen molar-refractivity contribution in [2.24, 2.45) is 0 Å². The number of carboxylic acids is 1. The molecule has 3 heterocycles. The van der Waals surface area contributed by atoms with Gasteiger partial charge in [0.25, 0.3) is 0 Å². The Bertz CT molecular complexity index is 852. The van der Waals surface area contributed by atoms with Crippen LogP contribution in [0.15, 0.2) is 23.6 Å². The lowest BCUT2D eigenvalue weighted by Crippen LogP contribution is -2.10. The molecule has 0 aliphatic rings. The number of thioether (sulfide) groups is 1. The van der Waals surface area contributed by atoms with Gasteiger partial charge in [0.05, 0.1) is 6.33 Å². The SMILES string of the molecule is Nc1nc(SCCNc2nccc(C(=O)O)n2)c2[nH]cnc2n1. The molecule has 118 valence electrons. The van der Waals surface area contributed by atoms with Crippen molar-refractivity contribution in [3.8, 4) is 0 Å². The van der Waals surface area contributed by atoms with Crippen LogP contribution in [0.3, 0.4) is 0 Å². The predicted molar refractivity (Wildman–Crippen MR) is 84.3 cm³/mol. The molecule has 23 heavy (non-hydrogen) atoms. The zero-order valence-electron chi connectivity index (χ0n) is 11.7. The number of rotatable bonds is 6. The number of aromatic carboxylic acids is 1. The number of nitrogens with zero attached hydrogens (tertiary/aromatic N) is 5. The Hall–Kier alpha value is -2.95. The van der Waals surface area contributed by atoms with Gasteiger partial charge in [-0.25, -0.2) is 24.7 Å². The number of aromatic amines is 1. The van der Waals surface area contributed by atoms with Crippen molar-refractivity contribution in [1.29, 1.82) is 0 Å². The number of carboxylic acid groups (broad SMARTS) is 1. The maximum atomic E-state index is 10.8. The van der Waals surface area contributed by atoms with E-state index in [1.54, 1.807) is 0 Å². The second-order valence-electron chi connectivity index (χ2n) is 4.33. The summed E-state index contributed by atoms with van der Waals surface area (Å²) in [5.41, 5.74) is 6.83. The number of nitrogens with two attached hydrogens (primary N) is 1. The van der Waals surface area contributed by atoms with Crippen LogP contribution in [-0.4, -0.2) is 53.3 Å². The van der Waals surface area contributed by atoms with E-state index in [0.717, 1.165) is 5.52 Å². The summed E-state index contributed by atoms with van der Waals surface area (Å²) in [5.74, 6) is -0.0227. The summed E-state index contributed by atoms with van der Waals surface area (Å²) in [6.07, 6.45) is 2.93. The molecule has 10 nitrogen and oxygen atoms in total. The van der Waals surface area contributed by atoms with Gasteiger partial charge in [0.15, 0.2) is 11.3 Å². The van der Waals surface area contributed by atoms with E-state index in [0.29, 0.717) is 23.0 Å². The van der Waals surface area contributed by atoms with Crippen LogP contribution < -0.4 is 11.1 Å². The molecule has 0 saturated heterocycles. The van der Waals surface area contributed by atoms with Crippen LogP contribution >= 0.6 is 11.8 Å². The van der Waals surface area contributed by atoms with Gasteiger partial charge in [-0.2, -0.15) is 4.98 Å². The van der Waals surface area contributed by atoms with Crippen LogP contribution in [0.4, 0.5) is 11.9 Å². The number of hydrogen-bond acceptors (Lipinski definition) is 9. The van der Waals surface area contributed by atoms with E-state index in [9.17, 15) is 4.79 Å². The van der Waals surface area contributed by atoms with Crippen molar-refractivity contribution in [3.05, 3.63) is 24.3 Å². The number of fused-ring (bicyclic) bond motifs is 1. The Morgan fingerprint density at radius 2 is 2.22 bits per heavy atom. The van der Waals surface area contributed by atoms with E-state index in [-0.39, 0.29) is 17.6 Å². The van der Waals surface area contributed by atoms with Crippen LogP contribution in [0.25, 0.3) is 11.2 Å². The van der Waals surface area contributed by atoms with Gasteiger partial charge in [-0.1, -0.05) is 0 Å². The lowest BCUT2D eigenvalue weighted by molar-refractivity contribution is 0.0690. The highest BCUT2D eigenvalue weighted by molar-refractivity contribution is 7.99. The molecule has 3 aromatic heterocycles. The first-order valence-electron chi connectivity index (χ1n) is 6.53. The minimum absolute atomic E-state index is 0.0575. The number of nitrogen functional groups attached to an aromatic ring is 1. The van der Waals surface area contributed by atoms with Crippen molar-refractivity contribution < 1.29 is 9.90 Å². The highest BCUT2D eigenvalue weighted by Crippen LogP contribution is 2.23. The molecular formula is C12H12N8O2S. The van der Waals surface area contributed by atoms with Gasteiger partial charge in [0, 0.05) is 18.5 Å². The normalized spacial score (nSPS) is 10.8. The molecule has 0 bridgehead atoms. The van der Waals surface area contributed by atoms with Crippen molar-refractivity contribution in [3.63, 3.8) is 0 Å². The van der Waals surface area contributed by atoms with Crippen LogP contribution in [0.5, 0.6) is 0 Å². The van der Waals surface area contributed by atoms with Crippen molar-refractivity contribution in [1.82, 2.24) is 29.9 Å². The van der Waals surface area contributed by atoms with Crippen LogP contribution in [-0.2, 0) is 0 Å². The number of nitrogens with one attached hydrogen (secondary N) is 2. The maximum absolute atomic E-state index is 10.8. The largest absolute Gasteiger partial charge is 0.477 e. The quantitative estimate of drug-likeness (QED) is 0.287. The molecule has 0 aliphatic heterocycles. The van der Waals surface area contributed by atoms with Gasteiger partial charge in [-0.15, -0.1) is 11.8 Å². The fourth-order valence-electron chi connectivity index (χ4n) is 1.80. The third-order valence-corrected chi connectivity index (χ3v) is 3.75. The van der Waals surface area contributed by atoms with Crippen LogP contribution in [0.1, 0.15) is 10.5 Å². The Labute approximate surface area is 134 Å². The van der Waals surface area contributed by atoms with E-state index in [1.165, 1.54) is 30.4 Å². The molecule has 0 radical (unpaired) electrons. The highest BCUT2D eigenvalue weighted by atomic mass is 32.2. The molecule has 0 aromatic carbocycles. The number of imidazole rings is 1. The van der Waals surface area contributed by atoms with Gasteiger partial charge in [-0.3, -0.25) is 0 Å². The molecule has 0 amide bonds. The molecule has 0 spiro atoms. The Kier molecular flexibility index (Phi) is 4.19. The number of hydrogen-bond donors (Lipinski definition) is 4. The molecule has 11 heteroatoms. The monoisotopic (exact) mass is 332 g/mol. The first-order valence-corrected chi connectivity index (χ1v) is 7.51. The van der Waals surface area contributed by atoms with Crippen LogP contribution in [0.2, 0.25) is 0 Å². The summed E-state index contributed by atoms with van der Waals surface area (Å²) < 4.78 is 0. The van der Waals surface area contributed by atoms with Gasteiger partial charge >= 0.3 is 5.97 Å². The molecule has 0 fully saturated rings. The summed E-state index contributed by atoms with van der Waals surface area (Å²) in [4.78, 5) is 33.9. The smallest absolute Gasteiger partial charge is 0.354 e. The third-order valence-electron chi connectivity index (χ3n) is 2.77. The minimum Gasteiger partial charge on any atom is -0.477 e. The molecule has 0 saturated carbocycles. The van der Waals surface area contributed by atoms with Gasteiger partial charge in [0.2, 0.25) is 11.9 Å².